The molecule has 4 N–H and O–H groups in total. The minimum absolute atomic E-state index is 0.0181. The van der Waals surface area contributed by atoms with E-state index in [9.17, 15) is 4.79 Å². The summed E-state index contributed by atoms with van der Waals surface area (Å²) in [5, 5.41) is 9.83. The van der Waals surface area contributed by atoms with E-state index in [-0.39, 0.29) is 29.9 Å². The Kier molecular flexibility index (Phi) is 8.06. The summed E-state index contributed by atoms with van der Waals surface area (Å²) in [4.78, 5) is 32.9. The molecule has 2 saturated carbocycles. The molecule has 2 heterocycles. The quantitative estimate of drug-likeness (QED) is 0.308. The van der Waals surface area contributed by atoms with Crippen molar-refractivity contribution in [2.45, 2.75) is 88.8 Å². The molecule has 194 valence electrons. The van der Waals surface area contributed by atoms with Crippen LogP contribution < -0.4 is 16.4 Å². The van der Waals surface area contributed by atoms with Crippen molar-refractivity contribution in [1.82, 2.24) is 20.3 Å². The molecule has 0 spiro atoms. The maximum Gasteiger partial charge on any atom is 0.289 e. The van der Waals surface area contributed by atoms with Crippen LogP contribution >= 0.6 is 11.6 Å². The minimum Gasteiger partial charge on any atom is -0.368 e. The molecule has 3 fully saturated rings. The molecule has 5 rings (SSSR count). The average molecular weight is 514 g/mol. The molecule has 9 nitrogen and oxygen atoms in total. The second-order valence-corrected chi connectivity index (χ2v) is 10.5. The van der Waals surface area contributed by atoms with Crippen molar-refractivity contribution in [1.29, 1.82) is 0 Å². The lowest BCUT2D eigenvalue weighted by atomic mass is 9.90. The largest absolute Gasteiger partial charge is 0.368 e. The van der Waals surface area contributed by atoms with Gasteiger partial charge < -0.3 is 16.4 Å². The smallest absolute Gasteiger partial charge is 0.289 e. The molecule has 1 amide bonds. The zero-order chi connectivity index (χ0) is 24.9. The van der Waals surface area contributed by atoms with Crippen molar-refractivity contribution in [2.75, 3.05) is 18.5 Å². The number of carbonyl (C=O) groups is 1. The third-order valence-corrected chi connectivity index (χ3v) is 7.64. The predicted molar refractivity (Wildman–Crippen MR) is 142 cm³/mol. The van der Waals surface area contributed by atoms with Crippen molar-refractivity contribution in [3.05, 3.63) is 29.0 Å². The highest BCUT2D eigenvalue weighted by Crippen LogP contribution is 2.29. The number of nitrogens with zero attached hydrogens (tertiary/aromatic N) is 4. The fraction of sp³-hybridized carbons (Fsp3) is 0.615. The maximum absolute atomic E-state index is 13.2. The molecule has 1 aromatic heterocycles. The average Bonchev–Trinajstić information content (AvgIpc) is 3.31. The van der Waals surface area contributed by atoms with Crippen molar-refractivity contribution >= 4 is 40.2 Å². The Bertz CT molecular complexity index is 1100. The van der Waals surface area contributed by atoms with Gasteiger partial charge >= 0.3 is 0 Å². The van der Waals surface area contributed by atoms with Crippen LogP contribution in [0.1, 0.15) is 81.2 Å². The van der Waals surface area contributed by atoms with Crippen molar-refractivity contribution < 1.29 is 9.63 Å². The number of fused-ring (bicyclic) bond motifs is 1. The number of guanidine groups is 1. The Hall–Kier alpha value is -2.65. The summed E-state index contributed by atoms with van der Waals surface area (Å²) in [6.45, 7) is 1.43. The van der Waals surface area contributed by atoms with Gasteiger partial charge in [0.25, 0.3) is 5.91 Å². The molecule has 36 heavy (non-hydrogen) atoms. The van der Waals surface area contributed by atoms with Crippen LogP contribution in [0.4, 0.5) is 5.82 Å². The Morgan fingerprint density at radius 3 is 2.61 bits per heavy atom. The van der Waals surface area contributed by atoms with Crippen molar-refractivity contribution in [3.8, 4) is 0 Å². The summed E-state index contributed by atoms with van der Waals surface area (Å²) < 4.78 is 0. The fourth-order valence-electron chi connectivity index (χ4n) is 5.46. The lowest BCUT2D eigenvalue weighted by molar-refractivity contribution is -0.0456. The Labute approximate surface area is 217 Å². The second kappa shape index (κ2) is 11.6. The molecule has 0 bridgehead atoms. The van der Waals surface area contributed by atoms with E-state index in [0.717, 1.165) is 69.7 Å². The first kappa shape index (κ1) is 25.0. The number of halogens is 1. The number of hydrogen-bond acceptors (Lipinski definition) is 6. The van der Waals surface area contributed by atoms with Gasteiger partial charge in [0.15, 0.2) is 0 Å². The summed E-state index contributed by atoms with van der Waals surface area (Å²) in [6.07, 6.45) is 11.7. The van der Waals surface area contributed by atoms with Gasteiger partial charge in [-0.3, -0.25) is 9.63 Å². The van der Waals surface area contributed by atoms with Crippen LogP contribution in [0.25, 0.3) is 10.9 Å². The van der Waals surface area contributed by atoms with Crippen LogP contribution in [0.3, 0.4) is 0 Å². The number of rotatable bonds is 5. The Morgan fingerprint density at radius 1 is 1.06 bits per heavy atom. The maximum atomic E-state index is 13.2. The topological polar surface area (TPSA) is 118 Å². The second-order valence-electron chi connectivity index (χ2n) is 10.1. The number of amides is 1. The molecule has 0 unspecified atom stereocenters. The van der Waals surface area contributed by atoms with E-state index in [0.29, 0.717) is 28.9 Å². The zero-order valence-corrected chi connectivity index (χ0v) is 21.5. The number of aromatic nitrogens is 2. The Morgan fingerprint density at radius 2 is 1.83 bits per heavy atom. The van der Waals surface area contributed by atoms with E-state index < -0.39 is 0 Å². The first-order chi connectivity index (χ1) is 17.6. The van der Waals surface area contributed by atoms with Gasteiger partial charge in [0.1, 0.15) is 5.82 Å². The number of nitrogens with two attached hydrogens (primary N) is 1. The van der Waals surface area contributed by atoms with Gasteiger partial charge in [-0.05, 0) is 50.3 Å². The lowest BCUT2D eigenvalue weighted by Gasteiger charge is -2.31. The zero-order valence-electron chi connectivity index (χ0n) is 20.7. The molecule has 2 atom stereocenters. The van der Waals surface area contributed by atoms with Crippen molar-refractivity contribution in [2.24, 2.45) is 10.7 Å². The van der Waals surface area contributed by atoms with Crippen molar-refractivity contribution in [3.63, 3.8) is 0 Å². The molecule has 1 saturated heterocycles. The highest BCUT2D eigenvalue weighted by Gasteiger charge is 2.28. The number of nitrogens with one attached hydrogen (secondary N) is 2. The third kappa shape index (κ3) is 6.00. The Balaban J connectivity index is 1.41. The van der Waals surface area contributed by atoms with E-state index in [4.69, 9.17) is 32.1 Å². The van der Waals surface area contributed by atoms with Gasteiger partial charge in [-0.25, -0.2) is 20.0 Å². The van der Waals surface area contributed by atoms with Crippen LogP contribution in [0.2, 0.25) is 5.02 Å². The fourth-order valence-corrected chi connectivity index (χ4v) is 5.63. The molecule has 1 aromatic carbocycles. The van der Waals surface area contributed by atoms with Gasteiger partial charge in [0.05, 0.1) is 30.8 Å². The first-order valence-corrected chi connectivity index (χ1v) is 13.7. The number of hydroxylamine groups is 2. The molecule has 2 aromatic rings. The number of hydrogen-bond donors (Lipinski definition) is 3. The third-order valence-electron chi connectivity index (χ3n) is 7.41. The normalized spacial score (nSPS) is 24.0. The van der Waals surface area contributed by atoms with Gasteiger partial charge in [0.2, 0.25) is 11.8 Å². The summed E-state index contributed by atoms with van der Waals surface area (Å²) in [5.74, 6) is 0.981. The standard InChI is InChI=1S/C26H36ClN7O2/c27-17-12-13-20-19(16-17)23(33-24(30-20)25(35)29-18-8-3-1-2-4-9-18)31-21-10-5-6-11-22(21)32-26(28)34-14-7-15-36-34/h12-13,16,18,21-22H,1-11,14-15H2,(H2,28,32)(H,29,35)(H,30,31,33)/t21-,22+/m0/s1. The summed E-state index contributed by atoms with van der Waals surface area (Å²) in [5.41, 5.74) is 6.95. The molecule has 1 aliphatic heterocycles. The van der Waals surface area contributed by atoms with Gasteiger partial charge in [-0.1, -0.05) is 50.1 Å². The van der Waals surface area contributed by atoms with Gasteiger partial charge in [-0.2, -0.15) is 0 Å². The predicted octanol–water partition coefficient (Wildman–Crippen LogP) is 4.41. The van der Waals surface area contributed by atoms with E-state index in [1.165, 1.54) is 12.8 Å². The van der Waals surface area contributed by atoms with Gasteiger partial charge in [-0.15, -0.1) is 0 Å². The van der Waals surface area contributed by atoms with Crippen LogP contribution in [0.15, 0.2) is 23.2 Å². The summed E-state index contributed by atoms with van der Waals surface area (Å²) in [7, 11) is 0. The number of carbonyl (C=O) groups excluding carboxylic acids is 1. The summed E-state index contributed by atoms with van der Waals surface area (Å²) >= 11 is 6.33. The number of benzene rings is 1. The van der Waals surface area contributed by atoms with E-state index in [1.54, 1.807) is 11.1 Å². The van der Waals surface area contributed by atoms with E-state index in [2.05, 4.69) is 15.6 Å². The van der Waals surface area contributed by atoms with E-state index in [1.807, 2.05) is 12.1 Å². The highest BCUT2D eigenvalue weighted by atomic mass is 35.5. The molecule has 3 aliphatic rings. The van der Waals surface area contributed by atoms with Crippen LogP contribution in [0, 0.1) is 0 Å². The van der Waals surface area contributed by atoms with Crippen LogP contribution in [-0.4, -0.2) is 58.2 Å². The molecular weight excluding hydrogens is 478 g/mol. The SMILES string of the molecule is NC(=N[C@@H]1CCCC[C@@H]1Nc1nc(C(=O)NC2CCCCCC2)nc2ccc(Cl)cc12)N1CCCO1. The van der Waals surface area contributed by atoms with Crippen LogP contribution in [-0.2, 0) is 4.84 Å². The first-order valence-electron chi connectivity index (χ1n) is 13.4. The van der Waals surface area contributed by atoms with Crippen LogP contribution in [0.5, 0.6) is 0 Å². The van der Waals surface area contributed by atoms with Gasteiger partial charge in [0, 0.05) is 16.5 Å². The molecular formula is C26H36ClN7O2. The minimum atomic E-state index is -0.226. The highest BCUT2D eigenvalue weighted by molar-refractivity contribution is 6.31. The molecule has 10 heteroatoms. The number of aliphatic imine (C=N–C) groups is 1. The monoisotopic (exact) mass is 513 g/mol. The van der Waals surface area contributed by atoms with E-state index >= 15 is 0 Å². The molecule has 0 radical (unpaired) electrons. The summed E-state index contributed by atoms with van der Waals surface area (Å²) in [6, 6.07) is 5.66. The lowest BCUT2D eigenvalue weighted by Crippen LogP contribution is -2.41. The number of anilines is 1. The molecule has 2 aliphatic carbocycles.